The highest BCUT2D eigenvalue weighted by Crippen LogP contribution is 1.80. The Morgan fingerprint density at radius 1 is 1.12 bits per heavy atom. The summed E-state index contributed by atoms with van der Waals surface area (Å²) < 4.78 is 0. The smallest absolute Gasteiger partial charge is 0.00368 e. The largest absolute Gasteiger partial charge is 0.333 e. The van der Waals surface area contributed by atoms with Gasteiger partial charge in [-0.15, -0.1) is 0 Å². The molecule has 8 heavy (non-hydrogen) atoms. The van der Waals surface area contributed by atoms with Crippen LogP contribution in [0.3, 0.4) is 0 Å². The minimum absolute atomic E-state index is 1.25. The molecule has 0 aliphatic carbocycles. The fraction of sp³-hybridized carbons (Fsp3) is 1.00. The van der Waals surface area contributed by atoms with Gasteiger partial charge in [-0.3, -0.25) is 0 Å². The van der Waals surface area contributed by atoms with Gasteiger partial charge in [-0.1, -0.05) is 13.8 Å². The van der Waals surface area contributed by atoms with Crippen LogP contribution in [0.15, 0.2) is 0 Å². The van der Waals surface area contributed by atoms with Crippen LogP contribution >= 0.6 is 0 Å². The normalized spacial score (nSPS) is 13.5. The second-order valence-corrected chi connectivity index (χ2v) is 1.10. The molecule has 1 fully saturated rings. The lowest BCUT2D eigenvalue weighted by molar-refractivity contribution is 0.527. The third-order valence-corrected chi connectivity index (χ3v) is 0.707. The van der Waals surface area contributed by atoms with Crippen molar-refractivity contribution < 1.29 is 0 Å². The van der Waals surface area contributed by atoms with E-state index < -0.39 is 0 Å². The highest BCUT2D eigenvalue weighted by atomic mass is 14.9. The fourth-order valence-electron chi connectivity index (χ4n) is 0.177. The minimum atomic E-state index is 1.25. The summed E-state index contributed by atoms with van der Waals surface area (Å²) in [5, 5.41) is 3.11. The molecule has 3 N–H and O–H groups in total. The zero-order valence-corrected chi connectivity index (χ0v) is 6.20. The van der Waals surface area contributed by atoms with Gasteiger partial charge in [0.25, 0.3) is 0 Å². The van der Waals surface area contributed by atoms with Crippen molar-refractivity contribution in [3.8, 4) is 0 Å². The van der Waals surface area contributed by atoms with Gasteiger partial charge < -0.3 is 11.1 Å². The second-order valence-electron chi connectivity index (χ2n) is 1.10. The van der Waals surface area contributed by atoms with Crippen LogP contribution in [0.4, 0.5) is 0 Å². The Morgan fingerprint density at radius 3 is 1.25 bits per heavy atom. The second kappa shape index (κ2) is 15.8. The van der Waals surface area contributed by atoms with Crippen molar-refractivity contribution >= 4 is 0 Å². The molecule has 0 radical (unpaired) electrons. The molecule has 0 amide bonds. The minimum Gasteiger partial charge on any atom is -0.333 e. The summed E-state index contributed by atoms with van der Waals surface area (Å²) in [6.45, 7) is 6.50. The third kappa shape index (κ3) is 9.33. The molecular formula is C6H18N2. The van der Waals surface area contributed by atoms with E-state index in [-0.39, 0.29) is 0 Å². The topological polar surface area (TPSA) is 38.0 Å². The Kier molecular flexibility index (Phi) is 21.3. The Hall–Kier alpha value is -0.0800. The van der Waals surface area contributed by atoms with Gasteiger partial charge in [-0.05, 0) is 26.6 Å². The summed E-state index contributed by atoms with van der Waals surface area (Å²) in [6.07, 6.45) is 1.39. The predicted molar refractivity (Wildman–Crippen MR) is 38.9 cm³/mol. The van der Waals surface area contributed by atoms with Gasteiger partial charge in [0, 0.05) is 0 Å². The maximum absolute atomic E-state index is 4.50. The molecular weight excluding hydrogens is 100 g/mol. The standard InChI is InChI=1S/C3H7N.C2H6.CH5N/c1-2-4-3-1;2*1-2/h4H,1-3H2;1-2H3;2H2,1H3. The maximum atomic E-state index is 4.50. The quantitative estimate of drug-likeness (QED) is 0.488. The lowest BCUT2D eigenvalue weighted by Gasteiger charge is -2.09. The van der Waals surface area contributed by atoms with Gasteiger partial charge in [-0.25, -0.2) is 0 Å². The van der Waals surface area contributed by atoms with Crippen LogP contribution in [0, 0.1) is 0 Å². The first-order valence-electron chi connectivity index (χ1n) is 3.28. The highest BCUT2D eigenvalue weighted by molar-refractivity contribution is 4.56. The zero-order valence-electron chi connectivity index (χ0n) is 6.20. The van der Waals surface area contributed by atoms with Crippen molar-refractivity contribution in [3.63, 3.8) is 0 Å². The van der Waals surface area contributed by atoms with Crippen molar-refractivity contribution in [2.24, 2.45) is 5.73 Å². The number of hydrogen-bond donors (Lipinski definition) is 2. The molecule has 0 aromatic carbocycles. The summed E-state index contributed by atoms with van der Waals surface area (Å²) in [4.78, 5) is 0. The summed E-state index contributed by atoms with van der Waals surface area (Å²) in [5.41, 5.74) is 4.50. The van der Waals surface area contributed by atoms with Gasteiger partial charge in [0.05, 0.1) is 0 Å². The van der Waals surface area contributed by atoms with E-state index in [1.54, 1.807) is 0 Å². The first-order valence-corrected chi connectivity index (χ1v) is 3.28. The molecule has 1 aliphatic heterocycles. The lowest BCUT2D eigenvalue weighted by atomic mass is 10.3. The van der Waals surface area contributed by atoms with Crippen LogP contribution in [0.1, 0.15) is 20.3 Å². The molecule has 1 heterocycles. The summed E-state index contributed by atoms with van der Waals surface area (Å²) in [6, 6.07) is 0. The summed E-state index contributed by atoms with van der Waals surface area (Å²) in [5.74, 6) is 0. The van der Waals surface area contributed by atoms with E-state index in [1.807, 2.05) is 13.8 Å². The summed E-state index contributed by atoms with van der Waals surface area (Å²) >= 11 is 0. The third-order valence-electron chi connectivity index (χ3n) is 0.707. The van der Waals surface area contributed by atoms with Crippen LogP contribution < -0.4 is 11.1 Å². The average molecular weight is 118 g/mol. The molecule has 1 aliphatic rings. The van der Waals surface area contributed by atoms with Crippen molar-refractivity contribution in [3.05, 3.63) is 0 Å². The molecule has 0 aromatic rings. The van der Waals surface area contributed by atoms with Crippen LogP contribution in [0.2, 0.25) is 0 Å². The number of nitrogens with two attached hydrogens (primary N) is 1. The fourth-order valence-corrected chi connectivity index (χ4v) is 0.177. The first kappa shape index (κ1) is 10.8. The van der Waals surface area contributed by atoms with E-state index in [0.717, 1.165) is 0 Å². The highest BCUT2D eigenvalue weighted by Gasteiger charge is 1.92. The number of hydrogen-bond acceptors (Lipinski definition) is 2. The van der Waals surface area contributed by atoms with Gasteiger partial charge >= 0.3 is 0 Å². The summed E-state index contributed by atoms with van der Waals surface area (Å²) in [7, 11) is 1.50. The molecule has 0 atom stereocenters. The number of nitrogens with one attached hydrogen (secondary N) is 1. The average Bonchev–Trinajstić information content (AvgIpc) is 1.72. The van der Waals surface area contributed by atoms with Crippen molar-refractivity contribution in [2.75, 3.05) is 20.1 Å². The van der Waals surface area contributed by atoms with Gasteiger partial charge in [0.1, 0.15) is 0 Å². The lowest BCUT2D eigenvalue weighted by Crippen LogP contribution is -2.29. The Labute approximate surface area is 52.5 Å². The molecule has 52 valence electrons. The molecule has 1 saturated heterocycles. The molecule has 0 saturated carbocycles. The Balaban J connectivity index is 0. The Bertz CT molecular complexity index is 14.5. The molecule has 2 heteroatoms. The molecule has 0 spiro atoms. The van der Waals surface area contributed by atoms with E-state index in [1.165, 1.54) is 26.6 Å². The van der Waals surface area contributed by atoms with Crippen molar-refractivity contribution in [1.29, 1.82) is 0 Å². The van der Waals surface area contributed by atoms with Crippen LogP contribution in [-0.2, 0) is 0 Å². The van der Waals surface area contributed by atoms with Gasteiger partial charge in [-0.2, -0.15) is 0 Å². The molecule has 0 unspecified atom stereocenters. The van der Waals surface area contributed by atoms with E-state index >= 15 is 0 Å². The van der Waals surface area contributed by atoms with Crippen molar-refractivity contribution in [1.82, 2.24) is 5.32 Å². The van der Waals surface area contributed by atoms with Crippen LogP contribution in [0.5, 0.6) is 0 Å². The maximum Gasteiger partial charge on any atom is -0.00368 e. The predicted octanol–water partition coefficient (Wildman–Crippen LogP) is 0.581. The van der Waals surface area contributed by atoms with Crippen LogP contribution in [-0.4, -0.2) is 20.1 Å². The van der Waals surface area contributed by atoms with Gasteiger partial charge in [0.2, 0.25) is 0 Å². The van der Waals surface area contributed by atoms with E-state index in [2.05, 4.69) is 11.1 Å². The zero-order chi connectivity index (χ0) is 6.83. The molecule has 0 bridgehead atoms. The monoisotopic (exact) mass is 118 g/mol. The van der Waals surface area contributed by atoms with Crippen LogP contribution in [0.25, 0.3) is 0 Å². The number of rotatable bonds is 0. The first-order chi connectivity index (χ1) is 4.00. The van der Waals surface area contributed by atoms with Crippen molar-refractivity contribution in [2.45, 2.75) is 20.3 Å². The van der Waals surface area contributed by atoms with E-state index in [9.17, 15) is 0 Å². The van der Waals surface area contributed by atoms with E-state index in [0.29, 0.717) is 0 Å². The van der Waals surface area contributed by atoms with Gasteiger partial charge in [0.15, 0.2) is 0 Å². The van der Waals surface area contributed by atoms with E-state index in [4.69, 9.17) is 0 Å². The SMILES string of the molecule is C1CNC1.CC.CN. The Morgan fingerprint density at radius 2 is 1.25 bits per heavy atom. The molecule has 2 nitrogen and oxygen atoms in total. The molecule has 1 rings (SSSR count). The molecule has 0 aromatic heterocycles.